The second kappa shape index (κ2) is 10.1. The molecule has 186 valence electrons. The molecule has 1 aliphatic heterocycles. The van der Waals surface area contributed by atoms with E-state index in [0.29, 0.717) is 48.4 Å². The monoisotopic (exact) mass is 504 g/mol. The lowest BCUT2D eigenvalue weighted by Gasteiger charge is -2.34. The first-order valence-corrected chi connectivity index (χ1v) is 12.6. The van der Waals surface area contributed by atoms with Crippen molar-refractivity contribution in [3.05, 3.63) is 75.7 Å². The van der Waals surface area contributed by atoms with E-state index < -0.39 is 0 Å². The molecule has 9 nitrogen and oxygen atoms in total. The lowest BCUT2D eigenvalue weighted by molar-refractivity contribution is 0.142. The van der Waals surface area contributed by atoms with Crippen LogP contribution in [0.2, 0.25) is 0 Å². The van der Waals surface area contributed by atoms with Crippen LogP contribution in [0, 0.1) is 13.8 Å². The largest absolute Gasteiger partial charge is 0.497 e. The molecular weight excluding hydrogens is 476 g/mol. The summed E-state index contributed by atoms with van der Waals surface area (Å²) in [5.41, 5.74) is 4.53. The van der Waals surface area contributed by atoms with Gasteiger partial charge in [0.2, 0.25) is 4.96 Å². The average Bonchev–Trinajstić information content (AvgIpc) is 3.32. The third-order valence-corrected chi connectivity index (χ3v) is 7.38. The molecule has 1 aliphatic rings. The Hall–Kier alpha value is -3.76. The van der Waals surface area contributed by atoms with E-state index in [1.165, 1.54) is 21.4 Å². The van der Waals surface area contributed by atoms with Crippen LogP contribution in [-0.2, 0) is 6.54 Å². The molecule has 2 amide bonds. The van der Waals surface area contributed by atoms with Gasteiger partial charge in [-0.05, 0) is 49.2 Å². The quantitative estimate of drug-likeness (QED) is 0.445. The van der Waals surface area contributed by atoms with Crippen LogP contribution in [0.15, 0.2) is 53.3 Å². The molecule has 1 N–H and O–H groups in total. The molecule has 2 aromatic carbocycles. The molecular formula is C26H28N6O3S. The number of methoxy groups -OCH3 is 1. The third-order valence-electron chi connectivity index (χ3n) is 6.42. The van der Waals surface area contributed by atoms with E-state index in [9.17, 15) is 9.59 Å². The molecule has 2 aromatic heterocycles. The van der Waals surface area contributed by atoms with Crippen molar-refractivity contribution in [2.24, 2.45) is 0 Å². The first kappa shape index (κ1) is 24.0. The van der Waals surface area contributed by atoms with E-state index in [1.807, 2.05) is 54.3 Å². The van der Waals surface area contributed by atoms with Crippen molar-refractivity contribution in [2.75, 3.05) is 38.6 Å². The summed E-state index contributed by atoms with van der Waals surface area (Å²) in [5, 5.41) is 8.16. The Bertz CT molecular complexity index is 1470. The Morgan fingerprint density at radius 1 is 1.06 bits per heavy atom. The number of aromatic nitrogens is 3. The zero-order valence-electron chi connectivity index (χ0n) is 20.5. The van der Waals surface area contributed by atoms with Gasteiger partial charge >= 0.3 is 6.03 Å². The maximum Gasteiger partial charge on any atom is 0.321 e. The van der Waals surface area contributed by atoms with Gasteiger partial charge in [-0.2, -0.15) is 9.61 Å². The molecule has 0 radical (unpaired) electrons. The zero-order valence-corrected chi connectivity index (χ0v) is 21.3. The topological polar surface area (TPSA) is 92.1 Å². The number of anilines is 1. The van der Waals surface area contributed by atoms with E-state index in [1.54, 1.807) is 13.2 Å². The van der Waals surface area contributed by atoms with Gasteiger partial charge in [0.05, 0.1) is 12.8 Å². The van der Waals surface area contributed by atoms with Gasteiger partial charge in [-0.25, -0.2) is 9.78 Å². The van der Waals surface area contributed by atoms with Gasteiger partial charge < -0.3 is 15.0 Å². The first-order chi connectivity index (χ1) is 17.4. The normalized spacial score (nSPS) is 14.2. The third kappa shape index (κ3) is 5.09. The molecule has 0 spiro atoms. The van der Waals surface area contributed by atoms with E-state index in [2.05, 4.69) is 22.2 Å². The molecule has 0 bridgehead atoms. The van der Waals surface area contributed by atoms with Gasteiger partial charge in [0.15, 0.2) is 0 Å². The summed E-state index contributed by atoms with van der Waals surface area (Å²) in [4.78, 5) is 34.7. The number of nitrogens with one attached hydrogen (secondary N) is 1. The van der Waals surface area contributed by atoms with Gasteiger partial charge in [0, 0.05) is 50.0 Å². The smallest absolute Gasteiger partial charge is 0.321 e. The van der Waals surface area contributed by atoms with Crippen LogP contribution < -0.4 is 15.6 Å². The number of urea groups is 1. The molecule has 0 unspecified atom stereocenters. The summed E-state index contributed by atoms with van der Waals surface area (Å²) >= 11 is 1.37. The average molecular weight is 505 g/mol. The van der Waals surface area contributed by atoms with Crippen molar-refractivity contribution in [1.82, 2.24) is 24.4 Å². The number of carbonyl (C=O) groups excluding carboxylic acids is 1. The minimum atomic E-state index is -0.202. The highest BCUT2D eigenvalue weighted by Crippen LogP contribution is 2.27. The number of hydrogen-bond acceptors (Lipinski definition) is 7. The number of benzene rings is 2. The van der Waals surface area contributed by atoms with E-state index >= 15 is 0 Å². The van der Waals surface area contributed by atoms with Crippen LogP contribution in [-0.4, -0.2) is 63.7 Å². The van der Waals surface area contributed by atoms with Crippen LogP contribution in [0.3, 0.4) is 0 Å². The van der Waals surface area contributed by atoms with Crippen molar-refractivity contribution >= 4 is 28.0 Å². The number of nitrogens with zero attached hydrogens (tertiary/aromatic N) is 5. The predicted octanol–water partition coefficient (Wildman–Crippen LogP) is 3.79. The van der Waals surface area contributed by atoms with Gasteiger partial charge in [-0.1, -0.05) is 29.5 Å². The number of piperazine rings is 1. The Morgan fingerprint density at radius 3 is 2.61 bits per heavy atom. The summed E-state index contributed by atoms with van der Waals surface area (Å²) in [6, 6.07) is 15.0. The van der Waals surface area contributed by atoms with E-state index in [4.69, 9.17) is 9.72 Å². The summed E-state index contributed by atoms with van der Waals surface area (Å²) in [6.45, 7) is 7.27. The highest BCUT2D eigenvalue weighted by atomic mass is 32.1. The molecule has 10 heteroatoms. The van der Waals surface area contributed by atoms with Crippen LogP contribution >= 0.6 is 11.3 Å². The molecule has 0 aliphatic carbocycles. The molecule has 3 heterocycles. The van der Waals surface area contributed by atoms with Gasteiger partial charge in [-0.15, -0.1) is 0 Å². The number of ether oxygens (including phenoxy) is 1. The maximum atomic E-state index is 12.7. The van der Waals surface area contributed by atoms with Crippen molar-refractivity contribution in [2.45, 2.75) is 20.4 Å². The predicted molar refractivity (Wildman–Crippen MR) is 141 cm³/mol. The Balaban J connectivity index is 1.23. The van der Waals surface area contributed by atoms with Gasteiger partial charge in [-0.3, -0.25) is 9.69 Å². The Kier molecular flexibility index (Phi) is 6.71. The van der Waals surface area contributed by atoms with Gasteiger partial charge in [0.25, 0.3) is 5.56 Å². The molecule has 1 fully saturated rings. The minimum Gasteiger partial charge on any atom is -0.497 e. The van der Waals surface area contributed by atoms with Crippen molar-refractivity contribution in [3.8, 4) is 16.3 Å². The zero-order chi connectivity index (χ0) is 25.2. The lowest BCUT2D eigenvalue weighted by Crippen LogP contribution is -2.49. The number of rotatable bonds is 5. The van der Waals surface area contributed by atoms with Crippen LogP contribution in [0.5, 0.6) is 5.75 Å². The summed E-state index contributed by atoms with van der Waals surface area (Å²) in [5.74, 6) is 0.731. The summed E-state index contributed by atoms with van der Waals surface area (Å²) in [6.07, 6.45) is 0. The van der Waals surface area contributed by atoms with Crippen molar-refractivity contribution in [1.29, 1.82) is 0 Å². The molecule has 0 saturated carbocycles. The van der Waals surface area contributed by atoms with E-state index in [0.717, 1.165) is 22.6 Å². The SMILES string of the molecule is COc1cccc(-c2nn3c(=O)cc(CN4CCN(C(=O)Nc5ccc(C)c(C)c5)CC4)nc3s2)c1. The van der Waals surface area contributed by atoms with Crippen molar-refractivity contribution in [3.63, 3.8) is 0 Å². The number of carbonyl (C=O) groups is 1. The van der Waals surface area contributed by atoms with Crippen LogP contribution in [0.1, 0.15) is 16.8 Å². The fraction of sp³-hybridized carbons (Fsp3) is 0.308. The summed E-state index contributed by atoms with van der Waals surface area (Å²) < 4.78 is 6.64. The lowest BCUT2D eigenvalue weighted by atomic mass is 10.1. The van der Waals surface area contributed by atoms with E-state index in [-0.39, 0.29) is 11.6 Å². The fourth-order valence-corrected chi connectivity index (χ4v) is 5.09. The molecule has 4 aromatic rings. The molecule has 0 atom stereocenters. The van der Waals surface area contributed by atoms with Crippen LogP contribution in [0.4, 0.5) is 10.5 Å². The number of hydrogen-bond donors (Lipinski definition) is 1. The molecule has 36 heavy (non-hydrogen) atoms. The second-order valence-electron chi connectivity index (χ2n) is 8.91. The molecule has 1 saturated heterocycles. The number of fused-ring (bicyclic) bond motifs is 1. The Morgan fingerprint density at radius 2 is 1.86 bits per heavy atom. The maximum absolute atomic E-state index is 12.7. The van der Waals surface area contributed by atoms with Crippen molar-refractivity contribution < 1.29 is 9.53 Å². The highest BCUT2D eigenvalue weighted by molar-refractivity contribution is 7.19. The second-order valence-corrected chi connectivity index (χ2v) is 9.87. The number of amides is 2. The molecule has 5 rings (SSSR count). The van der Waals surface area contributed by atoms with Crippen LogP contribution in [0.25, 0.3) is 15.5 Å². The number of aryl methyl sites for hydroxylation is 2. The fourth-order valence-electron chi connectivity index (χ4n) is 4.17. The van der Waals surface area contributed by atoms with Gasteiger partial charge in [0.1, 0.15) is 10.8 Å². The highest BCUT2D eigenvalue weighted by Gasteiger charge is 2.22. The standard InChI is InChI=1S/C26H28N6O3S/c1-17-7-8-20(13-18(17)2)27-25(34)31-11-9-30(10-12-31)16-21-15-23(33)32-26(28-21)36-24(29-32)19-5-4-6-22(14-19)35-3/h4-8,13-15H,9-12,16H2,1-3H3,(H,27,34). The minimum absolute atomic E-state index is 0.0922. The summed E-state index contributed by atoms with van der Waals surface area (Å²) in [7, 11) is 1.62. The first-order valence-electron chi connectivity index (χ1n) is 11.8. The Labute approximate surface area is 213 Å².